The molecule has 1 atom stereocenters. The summed E-state index contributed by atoms with van der Waals surface area (Å²) in [4.78, 5) is 23.6. The van der Waals surface area contributed by atoms with E-state index in [4.69, 9.17) is 5.11 Å². The van der Waals surface area contributed by atoms with Crippen molar-refractivity contribution in [2.24, 2.45) is 5.92 Å². The Morgan fingerprint density at radius 2 is 1.93 bits per heavy atom. The summed E-state index contributed by atoms with van der Waals surface area (Å²) in [6.45, 7) is 6.58. The minimum atomic E-state index is -0.861. The SMILES string of the molecule is CCC(C)C(=O)N(CC)CCC(=O)O. The van der Waals surface area contributed by atoms with Crippen molar-refractivity contribution < 1.29 is 14.7 Å². The van der Waals surface area contributed by atoms with Gasteiger partial charge in [-0.15, -0.1) is 0 Å². The highest BCUT2D eigenvalue weighted by atomic mass is 16.4. The molecule has 0 fully saturated rings. The first-order valence-electron chi connectivity index (χ1n) is 5.03. The lowest BCUT2D eigenvalue weighted by Gasteiger charge is -2.23. The Labute approximate surface area is 84.9 Å². The quantitative estimate of drug-likeness (QED) is 0.705. The summed E-state index contributed by atoms with van der Waals surface area (Å²) in [5, 5.41) is 8.50. The van der Waals surface area contributed by atoms with Gasteiger partial charge in [-0.05, 0) is 13.3 Å². The predicted molar refractivity (Wildman–Crippen MR) is 54.0 cm³/mol. The summed E-state index contributed by atoms with van der Waals surface area (Å²) >= 11 is 0. The number of carboxylic acids is 1. The summed E-state index contributed by atoms with van der Waals surface area (Å²) in [6, 6.07) is 0. The van der Waals surface area contributed by atoms with E-state index in [-0.39, 0.29) is 18.2 Å². The number of carbonyl (C=O) groups excluding carboxylic acids is 1. The zero-order valence-corrected chi connectivity index (χ0v) is 9.12. The van der Waals surface area contributed by atoms with E-state index in [1.165, 1.54) is 0 Å². The number of carbonyl (C=O) groups is 2. The lowest BCUT2D eigenvalue weighted by Crippen LogP contribution is -2.36. The van der Waals surface area contributed by atoms with Gasteiger partial charge in [-0.1, -0.05) is 13.8 Å². The highest BCUT2D eigenvalue weighted by Crippen LogP contribution is 2.06. The molecule has 0 aromatic heterocycles. The first-order valence-corrected chi connectivity index (χ1v) is 5.03. The molecule has 0 aromatic rings. The standard InChI is InChI=1S/C10H19NO3/c1-4-8(3)10(14)11(5-2)7-6-9(12)13/h8H,4-7H2,1-3H3,(H,12,13). The van der Waals surface area contributed by atoms with Crippen LogP contribution in [0.25, 0.3) is 0 Å². The molecule has 4 nitrogen and oxygen atoms in total. The maximum Gasteiger partial charge on any atom is 0.305 e. The van der Waals surface area contributed by atoms with Gasteiger partial charge >= 0.3 is 5.97 Å². The molecule has 0 radical (unpaired) electrons. The molecule has 0 rings (SSSR count). The number of amides is 1. The van der Waals surface area contributed by atoms with Gasteiger partial charge in [-0.25, -0.2) is 0 Å². The van der Waals surface area contributed by atoms with Crippen molar-refractivity contribution in [3.05, 3.63) is 0 Å². The zero-order chi connectivity index (χ0) is 11.1. The Hall–Kier alpha value is -1.06. The van der Waals surface area contributed by atoms with E-state index >= 15 is 0 Å². The normalized spacial score (nSPS) is 12.2. The third-order valence-corrected chi connectivity index (χ3v) is 2.32. The summed E-state index contributed by atoms with van der Waals surface area (Å²) in [5.74, 6) is -0.819. The molecule has 0 saturated heterocycles. The van der Waals surface area contributed by atoms with Crippen molar-refractivity contribution in [2.75, 3.05) is 13.1 Å². The van der Waals surface area contributed by atoms with Crippen LogP contribution in [0.15, 0.2) is 0 Å². The maximum atomic E-state index is 11.7. The minimum absolute atomic E-state index is 0.0104. The van der Waals surface area contributed by atoms with E-state index < -0.39 is 5.97 Å². The average Bonchev–Trinajstić information content (AvgIpc) is 2.16. The fourth-order valence-corrected chi connectivity index (χ4v) is 1.14. The van der Waals surface area contributed by atoms with Crippen LogP contribution in [0.4, 0.5) is 0 Å². The van der Waals surface area contributed by atoms with Gasteiger partial charge in [0.25, 0.3) is 0 Å². The van der Waals surface area contributed by atoms with Gasteiger partial charge in [-0.2, -0.15) is 0 Å². The van der Waals surface area contributed by atoms with Crippen molar-refractivity contribution >= 4 is 11.9 Å². The maximum absolute atomic E-state index is 11.7. The molecule has 0 spiro atoms. The number of carboxylic acid groups (broad SMARTS) is 1. The molecule has 0 aliphatic carbocycles. The van der Waals surface area contributed by atoms with E-state index in [0.29, 0.717) is 13.1 Å². The zero-order valence-electron chi connectivity index (χ0n) is 9.12. The Morgan fingerprint density at radius 1 is 1.36 bits per heavy atom. The molecule has 14 heavy (non-hydrogen) atoms. The van der Waals surface area contributed by atoms with E-state index in [2.05, 4.69) is 0 Å². The Kier molecular flexibility index (Phi) is 5.92. The fourth-order valence-electron chi connectivity index (χ4n) is 1.14. The lowest BCUT2D eigenvalue weighted by atomic mass is 10.1. The number of hydrogen-bond acceptors (Lipinski definition) is 2. The molecule has 0 saturated carbocycles. The molecule has 82 valence electrons. The summed E-state index contributed by atoms with van der Waals surface area (Å²) < 4.78 is 0. The molecular weight excluding hydrogens is 182 g/mol. The van der Waals surface area contributed by atoms with Crippen LogP contribution in [-0.2, 0) is 9.59 Å². The van der Waals surface area contributed by atoms with Crippen molar-refractivity contribution in [2.45, 2.75) is 33.6 Å². The smallest absolute Gasteiger partial charge is 0.305 e. The van der Waals surface area contributed by atoms with Gasteiger partial charge in [0.05, 0.1) is 6.42 Å². The van der Waals surface area contributed by atoms with Crippen molar-refractivity contribution in [1.29, 1.82) is 0 Å². The van der Waals surface area contributed by atoms with Crippen molar-refractivity contribution in [3.8, 4) is 0 Å². The van der Waals surface area contributed by atoms with E-state index in [9.17, 15) is 9.59 Å². The monoisotopic (exact) mass is 201 g/mol. The Balaban J connectivity index is 4.12. The first kappa shape index (κ1) is 12.9. The molecule has 0 aliphatic heterocycles. The van der Waals surface area contributed by atoms with Gasteiger partial charge < -0.3 is 10.0 Å². The number of hydrogen-bond donors (Lipinski definition) is 1. The molecule has 1 amide bonds. The van der Waals surface area contributed by atoms with Crippen LogP contribution < -0.4 is 0 Å². The van der Waals surface area contributed by atoms with Crippen LogP contribution in [0.5, 0.6) is 0 Å². The second-order valence-corrected chi connectivity index (χ2v) is 3.37. The van der Waals surface area contributed by atoms with E-state index in [1.807, 2.05) is 20.8 Å². The molecule has 0 bridgehead atoms. The highest BCUT2D eigenvalue weighted by Gasteiger charge is 2.17. The van der Waals surface area contributed by atoms with E-state index in [0.717, 1.165) is 6.42 Å². The summed E-state index contributed by atoms with van der Waals surface area (Å²) in [6.07, 6.45) is 0.818. The first-order chi connectivity index (χ1) is 6.52. The highest BCUT2D eigenvalue weighted by molar-refractivity contribution is 5.79. The van der Waals surface area contributed by atoms with E-state index in [1.54, 1.807) is 4.90 Å². The number of rotatable bonds is 6. The van der Waals surface area contributed by atoms with Crippen LogP contribution in [0.1, 0.15) is 33.6 Å². The largest absolute Gasteiger partial charge is 0.481 e. The summed E-state index contributed by atoms with van der Waals surface area (Å²) in [5.41, 5.74) is 0. The van der Waals surface area contributed by atoms with Gasteiger partial charge in [0.2, 0.25) is 5.91 Å². The number of aliphatic carboxylic acids is 1. The topological polar surface area (TPSA) is 57.6 Å². The van der Waals surface area contributed by atoms with Gasteiger partial charge in [0.1, 0.15) is 0 Å². The van der Waals surface area contributed by atoms with Gasteiger partial charge in [-0.3, -0.25) is 9.59 Å². The van der Waals surface area contributed by atoms with Crippen LogP contribution in [0.3, 0.4) is 0 Å². The predicted octanol–water partition coefficient (Wildman–Crippen LogP) is 1.36. The number of nitrogens with zero attached hydrogens (tertiary/aromatic N) is 1. The second-order valence-electron chi connectivity index (χ2n) is 3.37. The summed E-state index contributed by atoms with van der Waals surface area (Å²) in [7, 11) is 0. The molecule has 1 unspecified atom stereocenters. The Bertz CT molecular complexity index is 204. The lowest BCUT2D eigenvalue weighted by molar-refractivity contribution is -0.139. The van der Waals surface area contributed by atoms with Crippen LogP contribution in [-0.4, -0.2) is 35.0 Å². The van der Waals surface area contributed by atoms with Crippen molar-refractivity contribution in [3.63, 3.8) is 0 Å². The van der Waals surface area contributed by atoms with Crippen molar-refractivity contribution in [1.82, 2.24) is 4.90 Å². The third kappa shape index (κ3) is 4.25. The van der Waals surface area contributed by atoms with Crippen LogP contribution >= 0.6 is 0 Å². The molecule has 1 N–H and O–H groups in total. The molecular formula is C10H19NO3. The molecule has 4 heteroatoms. The van der Waals surface area contributed by atoms with Crippen LogP contribution in [0.2, 0.25) is 0 Å². The molecule has 0 heterocycles. The fraction of sp³-hybridized carbons (Fsp3) is 0.800. The molecule has 0 aliphatic rings. The Morgan fingerprint density at radius 3 is 2.29 bits per heavy atom. The third-order valence-electron chi connectivity index (χ3n) is 2.32. The molecule has 0 aromatic carbocycles. The second kappa shape index (κ2) is 6.40. The van der Waals surface area contributed by atoms with Gasteiger partial charge in [0.15, 0.2) is 0 Å². The average molecular weight is 201 g/mol. The minimum Gasteiger partial charge on any atom is -0.481 e. The van der Waals surface area contributed by atoms with Crippen LogP contribution in [0, 0.1) is 5.92 Å². The van der Waals surface area contributed by atoms with Gasteiger partial charge in [0, 0.05) is 19.0 Å².